The summed E-state index contributed by atoms with van der Waals surface area (Å²) >= 11 is 0. The Hall–Kier alpha value is -2.29. The number of anilines is 1. The maximum atomic E-state index is 11.7. The number of ketones is 1. The monoisotopic (exact) mass is 283 g/mol. The van der Waals surface area contributed by atoms with E-state index in [4.69, 9.17) is 4.74 Å². The molecular weight excluding hydrogens is 262 g/mol. The minimum atomic E-state index is -0.129. The van der Waals surface area contributed by atoms with Crippen LogP contribution in [0.3, 0.4) is 0 Å². The third-order valence-corrected chi connectivity index (χ3v) is 2.86. The van der Waals surface area contributed by atoms with Gasteiger partial charge in [-0.1, -0.05) is 18.2 Å². The van der Waals surface area contributed by atoms with Crippen LogP contribution in [-0.2, 0) is 0 Å². The number of carbonyl (C=O) groups is 1. The summed E-state index contributed by atoms with van der Waals surface area (Å²) in [5.74, 6) is 1.51. The Bertz CT molecular complexity index is 627. The van der Waals surface area contributed by atoms with E-state index in [2.05, 4.69) is 26.1 Å². The van der Waals surface area contributed by atoms with Crippen LogP contribution in [0.1, 0.15) is 38.1 Å². The molecule has 3 heteroatoms. The zero-order valence-corrected chi connectivity index (χ0v) is 12.9. The van der Waals surface area contributed by atoms with Gasteiger partial charge in [0.05, 0.1) is 0 Å². The third kappa shape index (κ3) is 4.35. The lowest BCUT2D eigenvalue weighted by atomic mass is 10.0. The first-order valence-corrected chi connectivity index (χ1v) is 7.01. The van der Waals surface area contributed by atoms with Gasteiger partial charge in [0.15, 0.2) is 5.78 Å². The van der Waals surface area contributed by atoms with Gasteiger partial charge in [0.25, 0.3) is 0 Å². The summed E-state index contributed by atoms with van der Waals surface area (Å²) in [6.45, 7) is 7.74. The molecule has 2 aromatic rings. The summed E-state index contributed by atoms with van der Waals surface area (Å²) < 4.78 is 5.82. The first-order valence-electron chi connectivity index (χ1n) is 7.01. The lowest BCUT2D eigenvalue weighted by molar-refractivity contribution is 0.101. The molecule has 0 fully saturated rings. The molecular formula is C18H21NO2. The number of hydrogen-bond acceptors (Lipinski definition) is 3. The minimum absolute atomic E-state index is 0.0352. The van der Waals surface area contributed by atoms with Crippen LogP contribution in [0, 0.1) is 0 Å². The van der Waals surface area contributed by atoms with E-state index in [1.54, 1.807) is 13.0 Å². The number of nitrogens with one attached hydrogen (secondary N) is 1. The molecule has 2 rings (SSSR count). The van der Waals surface area contributed by atoms with E-state index < -0.39 is 0 Å². The number of hydrogen-bond donors (Lipinski definition) is 1. The van der Waals surface area contributed by atoms with E-state index >= 15 is 0 Å². The van der Waals surface area contributed by atoms with Gasteiger partial charge in [-0.3, -0.25) is 4.79 Å². The highest BCUT2D eigenvalue weighted by atomic mass is 16.5. The van der Waals surface area contributed by atoms with Gasteiger partial charge in [-0.15, -0.1) is 0 Å². The molecule has 0 aliphatic carbocycles. The third-order valence-electron chi connectivity index (χ3n) is 2.86. The number of ether oxygens (including phenoxy) is 1. The Morgan fingerprint density at radius 3 is 2.24 bits per heavy atom. The average Bonchev–Trinajstić information content (AvgIpc) is 2.37. The maximum Gasteiger partial charge on any atom is 0.161 e. The normalized spacial score (nSPS) is 11.0. The molecule has 0 spiro atoms. The summed E-state index contributed by atoms with van der Waals surface area (Å²) in [7, 11) is 0. The van der Waals surface area contributed by atoms with Gasteiger partial charge in [-0.05, 0) is 52.0 Å². The minimum Gasteiger partial charge on any atom is -0.457 e. The SMILES string of the molecule is CC(=O)c1ccc(Oc2ccccc2)cc1NC(C)(C)C. The molecule has 0 radical (unpaired) electrons. The lowest BCUT2D eigenvalue weighted by Crippen LogP contribution is -2.27. The van der Waals surface area contributed by atoms with Crippen LogP contribution in [0.5, 0.6) is 11.5 Å². The molecule has 0 aliphatic rings. The fraction of sp³-hybridized carbons (Fsp3) is 0.278. The van der Waals surface area contributed by atoms with Gasteiger partial charge >= 0.3 is 0 Å². The first-order chi connectivity index (χ1) is 9.85. The van der Waals surface area contributed by atoms with Crippen molar-refractivity contribution in [1.29, 1.82) is 0 Å². The zero-order chi connectivity index (χ0) is 15.5. The average molecular weight is 283 g/mol. The summed E-state index contributed by atoms with van der Waals surface area (Å²) in [6, 6.07) is 15.1. The standard InChI is InChI=1S/C18H21NO2/c1-13(20)16-11-10-15(12-17(16)19-18(2,3)4)21-14-8-6-5-7-9-14/h5-12,19H,1-4H3. The van der Waals surface area contributed by atoms with Gasteiger partial charge in [0.1, 0.15) is 11.5 Å². The van der Waals surface area contributed by atoms with Crippen molar-refractivity contribution >= 4 is 11.5 Å². The fourth-order valence-corrected chi connectivity index (χ4v) is 2.03. The van der Waals surface area contributed by atoms with Crippen molar-refractivity contribution < 1.29 is 9.53 Å². The number of para-hydroxylation sites is 1. The Morgan fingerprint density at radius 1 is 1.00 bits per heavy atom. The van der Waals surface area contributed by atoms with Crippen LogP contribution in [0.4, 0.5) is 5.69 Å². The first kappa shape index (κ1) is 15.1. The number of rotatable bonds is 4. The molecule has 0 saturated heterocycles. The molecule has 0 heterocycles. The van der Waals surface area contributed by atoms with Crippen molar-refractivity contribution in [3.05, 3.63) is 54.1 Å². The Kier molecular flexibility index (Phi) is 4.32. The lowest BCUT2D eigenvalue weighted by Gasteiger charge is -2.24. The smallest absolute Gasteiger partial charge is 0.161 e. The second-order valence-corrected chi connectivity index (χ2v) is 6.05. The van der Waals surface area contributed by atoms with E-state index in [1.165, 1.54) is 0 Å². The Balaban J connectivity index is 2.32. The second kappa shape index (κ2) is 6.00. The molecule has 2 aromatic carbocycles. The maximum absolute atomic E-state index is 11.7. The Morgan fingerprint density at radius 2 is 1.67 bits per heavy atom. The van der Waals surface area contributed by atoms with E-state index in [-0.39, 0.29) is 11.3 Å². The second-order valence-electron chi connectivity index (χ2n) is 6.05. The van der Waals surface area contributed by atoms with Crippen LogP contribution in [0.2, 0.25) is 0 Å². The van der Waals surface area contributed by atoms with Crippen molar-refractivity contribution in [2.75, 3.05) is 5.32 Å². The summed E-state index contributed by atoms with van der Waals surface area (Å²) in [4.78, 5) is 11.7. The largest absolute Gasteiger partial charge is 0.457 e. The van der Waals surface area contributed by atoms with Gasteiger partial charge in [0.2, 0.25) is 0 Å². The quantitative estimate of drug-likeness (QED) is 0.812. The molecule has 0 saturated carbocycles. The van der Waals surface area contributed by atoms with Crippen LogP contribution in [0.25, 0.3) is 0 Å². The highest BCUT2D eigenvalue weighted by molar-refractivity contribution is 5.99. The summed E-state index contributed by atoms with van der Waals surface area (Å²) in [5, 5.41) is 3.36. The molecule has 0 aliphatic heterocycles. The van der Waals surface area contributed by atoms with Gasteiger partial charge < -0.3 is 10.1 Å². The highest BCUT2D eigenvalue weighted by Gasteiger charge is 2.15. The van der Waals surface area contributed by atoms with Crippen molar-refractivity contribution in [2.24, 2.45) is 0 Å². The predicted octanol–water partition coefficient (Wildman–Crippen LogP) is 4.89. The van der Waals surface area contributed by atoms with E-state index in [0.717, 1.165) is 11.4 Å². The topological polar surface area (TPSA) is 38.3 Å². The van der Waals surface area contributed by atoms with Gasteiger partial charge in [-0.2, -0.15) is 0 Å². The highest BCUT2D eigenvalue weighted by Crippen LogP contribution is 2.29. The summed E-state index contributed by atoms with van der Waals surface area (Å²) in [6.07, 6.45) is 0. The molecule has 0 unspecified atom stereocenters. The van der Waals surface area contributed by atoms with Crippen molar-refractivity contribution in [3.8, 4) is 11.5 Å². The molecule has 0 amide bonds. The molecule has 1 N–H and O–H groups in total. The molecule has 0 bridgehead atoms. The van der Waals surface area contributed by atoms with E-state index in [0.29, 0.717) is 11.3 Å². The van der Waals surface area contributed by atoms with E-state index in [1.807, 2.05) is 42.5 Å². The summed E-state index contributed by atoms with van der Waals surface area (Å²) in [5.41, 5.74) is 1.34. The fourth-order valence-electron chi connectivity index (χ4n) is 2.03. The van der Waals surface area contributed by atoms with Crippen LogP contribution >= 0.6 is 0 Å². The van der Waals surface area contributed by atoms with Gasteiger partial charge in [-0.25, -0.2) is 0 Å². The number of benzene rings is 2. The number of carbonyl (C=O) groups excluding carboxylic acids is 1. The van der Waals surface area contributed by atoms with Crippen LogP contribution < -0.4 is 10.1 Å². The van der Waals surface area contributed by atoms with Crippen molar-refractivity contribution in [2.45, 2.75) is 33.2 Å². The molecule has 0 aromatic heterocycles. The molecule has 3 nitrogen and oxygen atoms in total. The zero-order valence-electron chi connectivity index (χ0n) is 12.9. The van der Waals surface area contributed by atoms with Crippen molar-refractivity contribution in [3.63, 3.8) is 0 Å². The van der Waals surface area contributed by atoms with Crippen LogP contribution in [0.15, 0.2) is 48.5 Å². The number of Topliss-reactive ketones (excluding diaryl/α,β-unsaturated/α-hetero) is 1. The van der Waals surface area contributed by atoms with Gasteiger partial charge in [0, 0.05) is 22.9 Å². The van der Waals surface area contributed by atoms with Crippen molar-refractivity contribution in [1.82, 2.24) is 0 Å². The van der Waals surface area contributed by atoms with E-state index in [9.17, 15) is 4.79 Å². The Labute approximate surface area is 126 Å². The molecule has 21 heavy (non-hydrogen) atoms. The van der Waals surface area contributed by atoms with Crippen LogP contribution in [-0.4, -0.2) is 11.3 Å². The predicted molar refractivity (Wildman–Crippen MR) is 86.3 cm³/mol. The molecule has 110 valence electrons. The molecule has 0 atom stereocenters.